The van der Waals surface area contributed by atoms with E-state index >= 15 is 0 Å². The van der Waals surface area contributed by atoms with Crippen LogP contribution in [0.25, 0.3) is 0 Å². The van der Waals surface area contributed by atoms with Crippen molar-refractivity contribution in [3.05, 3.63) is 47.3 Å². The van der Waals surface area contributed by atoms with Crippen molar-refractivity contribution in [1.82, 2.24) is 15.3 Å². The van der Waals surface area contributed by atoms with E-state index in [0.717, 1.165) is 5.82 Å². The van der Waals surface area contributed by atoms with Gasteiger partial charge in [-0.25, -0.2) is 9.37 Å². The maximum absolute atomic E-state index is 13.5. The summed E-state index contributed by atoms with van der Waals surface area (Å²) in [5, 5.41) is 2.69. The van der Waals surface area contributed by atoms with Gasteiger partial charge in [0.2, 0.25) is 0 Å². The highest BCUT2D eigenvalue weighted by atomic mass is 19.1. The average Bonchev–Trinajstić information content (AvgIpc) is 2.88. The first-order valence-electron chi connectivity index (χ1n) is 5.90. The van der Waals surface area contributed by atoms with Crippen molar-refractivity contribution in [2.75, 3.05) is 12.3 Å². The molecule has 0 aliphatic heterocycles. The Hall–Kier alpha value is -2.37. The minimum Gasteiger partial charge on any atom is -0.398 e. The van der Waals surface area contributed by atoms with E-state index in [-0.39, 0.29) is 17.2 Å². The standard InChI is InChI=1S/C13H15FN4O/c1-8-10(14)6-9(7-11(8)15)13(19)18-3-2-12-16-4-5-17-12/h4-7H,2-3,15H2,1H3,(H,16,17)(H,18,19). The smallest absolute Gasteiger partial charge is 0.251 e. The predicted octanol–water partition coefficient (Wildman–Crippen LogP) is 1.41. The molecule has 19 heavy (non-hydrogen) atoms. The lowest BCUT2D eigenvalue weighted by Gasteiger charge is -2.07. The largest absolute Gasteiger partial charge is 0.398 e. The van der Waals surface area contributed by atoms with Gasteiger partial charge in [-0.05, 0) is 19.1 Å². The van der Waals surface area contributed by atoms with Crippen molar-refractivity contribution in [3.63, 3.8) is 0 Å². The van der Waals surface area contributed by atoms with Crippen molar-refractivity contribution in [2.45, 2.75) is 13.3 Å². The highest BCUT2D eigenvalue weighted by Crippen LogP contribution is 2.17. The number of hydrogen-bond donors (Lipinski definition) is 3. The van der Waals surface area contributed by atoms with Gasteiger partial charge in [-0.2, -0.15) is 0 Å². The number of nitrogens with one attached hydrogen (secondary N) is 2. The van der Waals surface area contributed by atoms with E-state index in [1.54, 1.807) is 19.3 Å². The van der Waals surface area contributed by atoms with E-state index in [4.69, 9.17) is 5.73 Å². The number of carbonyl (C=O) groups excluding carboxylic acids is 1. The zero-order chi connectivity index (χ0) is 13.8. The van der Waals surface area contributed by atoms with Crippen LogP contribution in [0.3, 0.4) is 0 Å². The van der Waals surface area contributed by atoms with E-state index in [1.165, 1.54) is 12.1 Å². The first kappa shape index (κ1) is 13.1. The summed E-state index contributed by atoms with van der Waals surface area (Å²) in [5.41, 5.74) is 6.48. The number of nitrogen functional groups attached to an aromatic ring is 1. The zero-order valence-corrected chi connectivity index (χ0v) is 10.5. The minimum absolute atomic E-state index is 0.222. The van der Waals surface area contributed by atoms with Crippen molar-refractivity contribution in [2.24, 2.45) is 0 Å². The van der Waals surface area contributed by atoms with E-state index in [0.29, 0.717) is 18.5 Å². The van der Waals surface area contributed by atoms with Crippen molar-refractivity contribution < 1.29 is 9.18 Å². The van der Waals surface area contributed by atoms with Gasteiger partial charge in [0.05, 0.1) is 0 Å². The van der Waals surface area contributed by atoms with Crippen LogP contribution < -0.4 is 11.1 Å². The van der Waals surface area contributed by atoms with Crippen molar-refractivity contribution in [1.29, 1.82) is 0 Å². The molecule has 1 aromatic carbocycles. The fourth-order valence-electron chi connectivity index (χ4n) is 1.66. The number of benzene rings is 1. The second-order valence-corrected chi connectivity index (χ2v) is 4.21. The molecule has 0 aliphatic carbocycles. The number of imidazole rings is 1. The third-order valence-corrected chi connectivity index (χ3v) is 2.85. The molecule has 0 atom stereocenters. The van der Waals surface area contributed by atoms with Gasteiger partial charge < -0.3 is 16.0 Å². The Bertz CT molecular complexity index is 557. The monoisotopic (exact) mass is 262 g/mol. The highest BCUT2D eigenvalue weighted by molar-refractivity contribution is 5.95. The summed E-state index contributed by atoms with van der Waals surface area (Å²) in [6, 6.07) is 2.66. The lowest BCUT2D eigenvalue weighted by Crippen LogP contribution is -2.26. The molecule has 4 N–H and O–H groups in total. The Balaban J connectivity index is 1.96. The van der Waals surface area contributed by atoms with Gasteiger partial charge in [0, 0.05) is 42.2 Å². The molecule has 2 rings (SSSR count). The van der Waals surface area contributed by atoms with Crippen LogP contribution in [-0.4, -0.2) is 22.4 Å². The molecule has 0 unspecified atom stereocenters. The molecule has 0 spiro atoms. The summed E-state index contributed by atoms with van der Waals surface area (Å²) in [4.78, 5) is 18.8. The molecule has 2 aromatic rings. The van der Waals surface area contributed by atoms with Crippen LogP contribution in [0.15, 0.2) is 24.5 Å². The van der Waals surface area contributed by atoms with Crippen LogP contribution in [0, 0.1) is 12.7 Å². The molecule has 1 aromatic heterocycles. The quantitative estimate of drug-likeness (QED) is 0.728. The van der Waals surface area contributed by atoms with Gasteiger partial charge in [0.1, 0.15) is 11.6 Å². The number of rotatable bonds is 4. The van der Waals surface area contributed by atoms with Crippen LogP contribution in [-0.2, 0) is 6.42 Å². The number of carbonyl (C=O) groups is 1. The summed E-state index contributed by atoms with van der Waals surface area (Å²) in [6.07, 6.45) is 3.95. The second-order valence-electron chi connectivity index (χ2n) is 4.21. The number of anilines is 1. The highest BCUT2D eigenvalue weighted by Gasteiger charge is 2.10. The first-order chi connectivity index (χ1) is 9.08. The van der Waals surface area contributed by atoms with Crippen molar-refractivity contribution >= 4 is 11.6 Å². The van der Waals surface area contributed by atoms with Crippen LogP contribution in [0.2, 0.25) is 0 Å². The molecule has 0 fully saturated rings. The number of aromatic amines is 1. The molecule has 1 amide bonds. The molecule has 0 saturated carbocycles. The number of H-pyrrole nitrogens is 1. The molecular weight excluding hydrogens is 247 g/mol. The maximum Gasteiger partial charge on any atom is 0.251 e. The van der Waals surface area contributed by atoms with Crippen LogP contribution >= 0.6 is 0 Å². The molecular formula is C13H15FN4O. The average molecular weight is 262 g/mol. The van der Waals surface area contributed by atoms with E-state index in [9.17, 15) is 9.18 Å². The summed E-state index contributed by atoms with van der Waals surface area (Å²) in [5.74, 6) is -0.0387. The predicted molar refractivity (Wildman–Crippen MR) is 70.2 cm³/mol. The molecule has 1 heterocycles. The zero-order valence-electron chi connectivity index (χ0n) is 10.5. The molecule has 100 valence electrons. The lowest BCUT2D eigenvalue weighted by molar-refractivity contribution is 0.0953. The van der Waals surface area contributed by atoms with E-state index < -0.39 is 5.82 Å². The van der Waals surface area contributed by atoms with Crippen LogP contribution in [0.1, 0.15) is 21.7 Å². The Labute approximate surface area is 110 Å². The fourth-order valence-corrected chi connectivity index (χ4v) is 1.66. The number of nitrogens with two attached hydrogens (primary N) is 1. The third kappa shape index (κ3) is 3.09. The third-order valence-electron chi connectivity index (χ3n) is 2.85. The van der Waals surface area contributed by atoms with Gasteiger partial charge in [-0.3, -0.25) is 4.79 Å². The van der Waals surface area contributed by atoms with Gasteiger partial charge in [-0.15, -0.1) is 0 Å². The number of nitrogens with zero attached hydrogens (tertiary/aromatic N) is 1. The van der Waals surface area contributed by atoms with Crippen LogP contribution in [0.5, 0.6) is 0 Å². The van der Waals surface area contributed by atoms with E-state index in [2.05, 4.69) is 15.3 Å². The van der Waals surface area contributed by atoms with Gasteiger partial charge in [0.15, 0.2) is 0 Å². The molecule has 6 heteroatoms. The molecule has 0 radical (unpaired) electrons. The molecule has 0 aliphatic rings. The fraction of sp³-hybridized carbons (Fsp3) is 0.231. The van der Waals surface area contributed by atoms with E-state index in [1.807, 2.05) is 0 Å². The molecule has 5 nitrogen and oxygen atoms in total. The molecule has 0 bridgehead atoms. The summed E-state index contributed by atoms with van der Waals surface area (Å²) >= 11 is 0. The summed E-state index contributed by atoms with van der Waals surface area (Å²) in [6.45, 7) is 1.99. The summed E-state index contributed by atoms with van der Waals surface area (Å²) in [7, 11) is 0. The number of amides is 1. The SMILES string of the molecule is Cc1c(N)cc(C(=O)NCCc2ncc[nH]2)cc1F. The second kappa shape index (κ2) is 5.51. The Morgan fingerprint density at radius 3 is 2.95 bits per heavy atom. The number of aromatic nitrogens is 2. The number of hydrogen-bond acceptors (Lipinski definition) is 3. The van der Waals surface area contributed by atoms with Gasteiger partial charge >= 0.3 is 0 Å². The van der Waals surface area contributed by atoms with Gasteiger partial charge in [0.25, 0.3) is 5.91 Å². The van der Waals surface area contributed by atoms with Gasteiger partial charge in [-0.1, -0.05) is 0 Å². The Morgan fingerprint density at radius 2 is 2.32 bits per heavy atom. The van der Waals surface area contributed by atoms with Crippen LogP contribution in [0.4, 0.5) is 10.1 Å². The lowest BCUT2D eigenvalue weighted by atomic mass is 10.1. The molecule has 0 saturated heterocycles. The van der Waals surface area contributed by atoms with Crippen molar-refractivity contribution in [3.8, 4) is 0 Å². The maximum atomic E-state index is 13.5. The first-order valence-corrected chi connectivity index (χ1v) is 5.90. The Kier molecular flexibility index (Phi) is 3.79. The normalized spacial score (nSPS) is 10.4. The topological polar surface area (TPSA) is 83.8 Å². The number of halogens is 1. The summed E-state index contributed by atoms with van der Waals surface area (Å²) < 4.78 is 13.5. The minimum atomic E-state index is -0.476. The Morgan fingerprint density at radius 1 is 1.53 bits per heavy atom.